The minimum atomic E-state index is -0.890. The van der Waals surface area contributed by atoms with Gasteiger partial charge in [0.05, 0.1) is 6.42 Å². The summed E-state index contributed by atoms with van der Waals surface area (Å²) in [5.41, 5.74) is -0.708. The molecule has 0 radical (unpaired) electrons. The van der Waals surface area contributed by atoms with Gasteiger partial charge in [-0.2, -0.15) is 0 Å². The normalized spacial score (nSPS) is 39.9. The molecule has 0 aromatic rings. The number of aliphatic carboxylic acids is 1. The monoisotopic (exact) mass is 497 g/mol. The average molecular weight is 498 g/mol. The van der Waals surface area contributed by atoms with Gasteiger partial charge in [0.25, 0.3) is 0 Å². The van der Waals surface area contributed by atoms with Crippen molar-refractivity contribution >= 4 is 17.8 Å². The largest absolute Gasteiger partial charge is 0.481 e. The predicted molar refractivity (Wildman–Crippen MR) is 121 cm³/mol. The van der Waals surface area contributed by atoms with Crippen LogP contribution in [0.2, 0.25) is 0 Å². The Morgan fingerprint density at radius 2 is 1.80 bits per heavy atom. The third kappa shape index (κ3) is 5.50. The first-order valence-electron chi connectivity index (χ1n) is 13.0. The first-order chi connectivity index (χ1) is 16.6. The predicted octanol–water partition coefficient (Wildman–Crippen LogP) is 3.28. The summed E-state index contributed by atoms with van der Waals surface area (Å²) >= 11 is 0. The van der Waals surface area contributed by atoms with Gasteiger partial charge in [-0.1, -0.05) is 20.3 Å². The van der Waals surface area contributed by atoms with Gasteiger partial charge in [0.1, 0.15) is 0 Å². The third-order valence-electron chi connectivity index (χ3n) is 8.29. The zero-order chi connectivity index (χ0) is 25.2. The van der Waals surface area contributed by atoms with E-state index in [2.05, 4.69) is 12.2 Å². The van der Waals surface area contributed by atoms with E-state index < -0.39 is 35.9 Å². The molecule has 10 heteroatoms. The number of nitrogens with one attached hydrogen (secondary N) is 1. The molecule has 4 aliphatic heterocycles. The van der Waals surface area contributed by atoms with Crippen molar-refractivity contribution < 1.29 is 43.5 Å². The number of unbranched alkanes of at least 4 members (excludes halogenated alkanes) is 2. The highest BCUT2D eigenvalue weighted by atomic mass is 17.3. The fraction of sp³-hybridized carbons (Fsp3) is 0.880. The van der Waals surface area contributed by atoms with Gasteiger partial charge in [-0.25, -0.2) is 9.78 Å². The molecule has 4 heterocycles. The Kier molecular flexibility index (Phi) is 8.05. The van der Waals surface area contributed by atoms with Crippen molar-refractivity contribution in [2.45, 2.75) is 109 Å². The minimum Gasteiger partial charge on any atom is -0.481 e. The maximum absolute atomic E-state index is 12.6. The van der Waals surface area contributed by atoms with Crippen molar-refractivity contribution in [1.82, 2.24) is 5.32 Å². The minimum absolute atomic E-state index is 0.0248. The van der Waals surface area contributed by atoms with Crippen LogP contribution < -0.4 is 5.32 Å². The number of amides is 1. The molecule has 2 N–H and O–H groups in total. The van der Waals surface area contributed by atoms with Crippen LogP contribution in [0.15, 0.2) is 0 Å². The van der Waals surface area contributed by atoms with Crippen LogP contribution in [0, 0.1) is 23.7 Å². The van der Waals surface area contributed by atoms with E-state index in [1.807, 2.05) is 13.8 Å². The summed E-state index contributed by atoms with van der Waals surface area (Å²) in [5.74, 6) is -1.79. The number of carboxylic acid groups (broad SMARTS) is 1. The first-order valence-corrected chi connectivity index (χ1v) is 13.0. The van der Waals surface area contributed by atoms with Crippen molar-refractivity contribution in [2.24, 2.45) is 23.7 Å². The van der Waals surface area contributed by atoms with Crippen molar-refractivity contribution in [1.29, 1.82) is 0 Å². The second-order valence-corrected chi connectivity index (χ2v) is 10.8. The maximum Gasteiger partial charge on any atom is 0.308 e. The van der Waals surface area contributed by atoms with E-state index in [0.29, 0.717) is 31.7 Å². The van der Waals surface area contributed by atoms with E-state index in [-0.39, 0.29) is 42.9 Å². The van der Waals surface area contributed by atoms with Gasteiger partial charge in [0.15, 0.2) is 11.9 Å². The second kappa shape index (κ2) is 10.7. The van der Waals surface area contributed by atoms with Crippen LogP contribution in [-0.2, 0) is 38.4 Å². The number of carbonyl (C=O) groups excluding carboxylic acids is 2. The Balaban J connectivity index is 1.28. The fourth-order valence-corrected chi connectivity index (χ4v) is 6.30. The molecule has 5 aliphatic rings. The molecule has 1 saturated carbocycles. The number of carboxylic acids is 1. The lowest BCUT2D eigenvalue weighted by Crippen LogP contribution is -2.70. The molecule has 5 fully saturated rings. The molecule has 0 aromatic carbocycles. The van der Waals surface area contributed by atoms with E-state index in [0.717, 1.165) is 25.7 Å². The van der Waals surface area contributed by atoms with Gasteiger partial charge < -0.3 is 24.6 Å². The summed E-state index contributed by atoms with van der Waals surface area (Å²) in [5, 5.41) is 11.4. The summed E-state index contributed by atoms with van der Waals surface area (Å²) in [6.45, 7) is 6.57. The molecule has 198 valence electrons. The summed E-state index contributed by atoms with van der Waals surface area (Å²) in [4.78, 5) is 47.0. The number of carbonyl (C=O) groups is 3. The van der Waals surface area contributed by atoms with E-state index in [1.165, 1.54) is 0 Å². The van der Waals surface area contributed by atoms with Gasteiger partial charge >= 0.3 is 11.9 Å². The lowest BCUT2D eigenvalue weighted by molar-refractivity contribution is -0.576. The van der Waals surface area contributed by atoms with Crippen LogP contribution in [0.25, 0.3) is 0 Å². The highest BCUT2D eigenvalue weighted by Crippen LogP contribution is 2.60. The zero-order valence-corrected chi connectivity index (χ0v) is 21.0. The third-order valence-corrected chi connectivity index (χ3v) is 8.29. The Bertz CT molecular complexity index is 806. The molecule has 0 unspecified atom stereocenters. The summed E-state index contributed by atoms with van der Waals surface area (Å²) in [7, 11) is 0. The van der Waals surface area contributed by atoms with Gasteiger partial charge in [-0.3, -0.25) is 14.4 Å². The van der Waals surface area contributed by atoms with Gasteiger partial charge in [-0.15, -0.1) is 0 Å². The van der Waals surface area contributed by atoms with Crippen molar-refractivity contribution in [2.75, 3.05) is 6.54 Å². The molecular formula is C25H39NO9. The standard InChI is InChI=1S/C25H39NO9/c1-15-8-9-18-16(2)22(32-23-25(18)17(15)12-13-24(3,33-23)34-35-25)31-21(30)11-10-19(27)26-14-6-4-5-7-20(28)29/h15-18,22-23H,4-14H2,1-3H3,(H,26,27)(H,28,29)/t15-,16-,17+,18+,22-,23-,24+,25+/m1/s1. The zero-order valence-electron chi connectivity index (χ0n) is 21.0. The fourth-order valence-electron chi connectivity index (χ4n) is 6.30. The number of fused-ring (bicyclic) bond motifs is 2. The quantitative estimate of drug-likeness (QED) is 0.265. The number of hydrogen-bond donors (Lipinski definition) is 2. The van der Waals surface area contributed by atoms with Crippen LogP contribution in [0.5, 0.6) is 0 Å². The molecule has 10 nitrogen and oxygen atoms in total. The first kappa shape index (κ1) is 26.3. The van der Waals surface area contributed by atoms with Gasteiger partial charge in [0, 0.05) is 37.6 Å². The Hall–Kier alpha value is -1.75. The number of rotatable bonds is 10. The lowest BCUT2D eigenvalue weighted by Gasteiger charge is -2.59. The molecule has 8 atom stereocenters. The summed E-state index contributed by atoms with van der Waals surface area (Å²) in [6.07, 6.45) is 4.28. The number of esters is 1. The van der Waals surface area contributed by atoms with Crippen molar-refractivity contribution in [3.8, 4) is 0 Å². The van der Waals surface area contributed by atoms with E-state index in [4.69, 9.17) is 29.1 Å². The maximum atomic E-state index is 12.6. The topological polar surface area (TPSA) is 130 Å². The SMILES string of the molecule is C[C@H]1[C@H](OC(=O)CCC(=O)NCCCCCC(=O)O)O[C@@H]2O[C@]3(C)CC[C@H]4[C@H](C)CC[C@@H]1[C@]24OO3. The molecule has 1 spiro atoms. The average Bonchev–Trinajstić information content (AvgIpc) is 3.04. The van der Waals surface area contributed by atoms with Crippen molar-refractivity contribution in [3.05, 3.63) is 0 Å². The van der Waals surface area contributed by atoms with Crippen molar-refractivity contribution in [3.63, 3.8) is 0 Å². The Morgan fingerprint density at radius 1 is 1.00 bits per heavy atom. The van der Waals surface area contributed by atoms with Crippen LogP contribution in [0.3, 0.4) is 0 Å². The smallest absolute Gasteiger partial charge is 0.308 e. The molecular weight excluding hydrogens is 458 g/mol. The molecule has 5 rings (SSSR count). The molecule has 35 heavy (non-hydrogen) atoms. The van der Waals surface area contributed by atoms with Crippen LogP contribution in [0.1, 0.15) is 85.0 Å². The lowest BCUT2D eigenvalue weighted by atomic mass is 9.58. The number of ether oxygens (including phenoxy) is 3. The molecule has 1 aliphatic carbocycles. The van der Waals surface area contributed by atoms with E-state index >= 15 is 0 Å². The number of hydrogen-bond acceptors (Lipinski definition) is 8. The van der Waals surface area contributed by atoms with Crippen LogP contribution >= 0.6 is 0 Å². The molecule has 4 saturated heterocycles. The molecule has 1 amide bonds. The highest BCUT2D eigenvalue weighted by molar-refractivity contribution is 5.81. The Labute approximate surface area is 206 Å². The summed E-state index contributed by atoms with van der Waals surface area (Å²) < 4.78 is 18.2. The van der Waals surface area contributed by atoms with Crippen LogP contribution in [0.4, 0.5) is 0 Å². The van der Waals surface area contributed by atoms with Crippen LogP contribution in [-0.4, -0.2) is 53.5 Å². The summed E-state index contributed by atoms with van der Waals surface area (Å²) in [6, 6.07) is 0. The van der Waals surface area contributed by atoms with E-state index in [9.17, 15) is 14.4 Å². The van der Waals surface area contributed by atoms with E-state index in [1.54, 1.807) is 0 Å². The van der Waals surface area contributed by atoms with Gasteiger partial charge in [-0.05, 0) is 50.9 Å². The Morgan fingerprint density at radius 3 is 2.57 bits per heavy atom. The highest BCUT2D eigenvalue weighted by Gasteiger charge is 2.69. The molecule has 2 bridgehead atoms. The second-order valence-electron chi connectivity index (χ2n) is 10.8. The molecule has 0 aromatic heterocycles. The van der Waals surface area contributed by atoms with Gasteiger partial charge in [0.2, 0.25) is 18.0 Å².